The van der Waals surface area contributed by atoms with Gasteiger partial charge in [-0.2, -0.15) is 0 Å². The fourth-order valence-electron chi connectivity index (χ4n) is 2.11. The van der Waals surface area contributed by atoms with E-state index in [1.54, 1.807) is 0 Å². The van der Waals surface area contributed by atoms with E-state index in [0.29, 0.717) is 0 Å². The van der Waals surface area contributed by atoms with Gasteiger partial charge in [0.2, 0.25) is 0 Å². The summed E-state index contributed by atoms with van der Waals surface area (Å²) in [5.41, 5.74) is 5.09. The molecule has 0 unspecified atom stereocenters. The van der Waals surface area contributed by atoms with Crippen LogP contribution in [0.3, 0.4) is 0 Å². The SMILES string of the molecule is C=C(C)C1=CCC(C(=C)C)(C(=C)C)C1. The lowest BCUT2D eigenvalue weighted by atomic mass is 9.73. The summed E-state index contributed by atoms with van der Waals surface area (Å²) in [5, 5.41) is 0. The van der Waals surface area contributed by atoms with Gasteiger partial charge in [-0.3, -0.25) is 0 Å². The zero-order chi connectivity index (χ0) is 10.9. The molecule has 0 bridgehead atoms. The Labute approximate surface area is 87.7 Å². The molecule has 0 N–H and O–H groups in total. The van der Waals surface area contributed by atoms with E-state index in [1.165, 1.54) is 22.3 Å². The average Bonchev–Trinajstić information content (AvgIpc) is 2.48. The van der Waals surface area contributed by atoms with Crippen LogP contribution in [0.5, 0.6) is 0 Å². The van der Waals surface area contributed by atoms with Crippen molar-refractivity contribution in [3.05, 3.63) is 48.1 Å². The summed E-state index contributed by atoms with van der Waals surface area (Å²) < 4.78 is 0. The molecule has 0 aromatic heterocycles. The zero-order valence-electron chi connectivity index (χ0n) is 9.61. The standard InChI is InChI=1S/C14H20/c1-10(2)13-7-8-14(9-13,11(3)4)12(5)6/h7H,1,3,5,8-9H2,2,4,6H3. The topological polar surface area (TPSA) is 0 Å². The fourth-order valence-corrected chi connectivity index (χ4v) is 2.11. The van der Waals surface area contributed by atoms with Crippen LogP contribution >= 0.6 is 0 Å². The summed E-state index contributed by atoms with van der Waals surface area (Å²) in [7, 11) is 0. The van der Waals surface area contributed by atoms with Crippen LogP contribution in [0.1, 0.15) is 33.6 Å². The van der Waals surface area contributed by atoms with Crippen molar-refractivity contribution in [2.75, 3.05) is 0 Å². The highest BCUT2D eigenvalue weighted by Gasteiger charge is 2.35. The van der Waals surface area contributed by atoms with Crippen molar-refractivity contribution < 1.29 is 0 Å². The van der Waals surface area contributed by atoms with Gasteiger partial charge in [0.05, 0.1) is 0 Å². The van der Waals surface area contributed by atoms with Gasteiger partial charge >= 0.3 is 0 Å². The minimum atomic E-state index is 0.105. The maximum absolute atomic E-state index is 4.10. The van der Waals surface area contributed by atoms with Crippen LogP contribution < -0.4 is 0 Å². The molecular formula is C14H20. The molecule has 0 aliphatic heterocycles. The third-order valence-corrected chi connectivity index (χ3v) is 3.37. The molecule has 0 radical (unpaired) electrons. The van der Waals surface area contributed by atoms with Gasteiger partial charge in [-0.1, -0.05) is 42.5 Å². The van der Waals surface area contributed by atoms with Gasteiger partial charge in [0.15, 0.2) is 0 Å². The van der Waals surface area contributed by atoms with Gasteiger partial charge in [0, 0.05) is 5.41 Å². The Morgan fingerprint density at radius 3 is 1.86 bits per heavy atom. The van der Waals surface area contributed by atoms with Gasteiger partial charge in [-0.05, 0) is 39.2 Å². The molecule has 0 spiro atoms. The van der Waals surface area contributed by atoms with E-state index in [9.17, 15) is 0 Å². The highest BCUT2D eigenvalue weighted by Crippen LogP contribution is 2.49. The largest absolute Gasteiger partial charge is 0.0992 e. The highest BCUT2D eigenvalue weighted by atomic mass is 14.4. The molecule has 0 atom stereocenters. The van der Waals surface area contributed by atoms with Crippen LogP contribution in [0.25, 0.3) is 0 Å². The number of hydrogen-bond acceptors (Lipinski definition) is 0. The lowest BCUT2D eigenvalue weighted by Crippen LogP contribution is -2.19. The molecule has 0 saturated heterocycles. The molecule has 0 fully saturated rings. The minimum absolute atomic E-state index is 0.105. The third kappa shape index (κ3) is 1.61. The lowest BCUT2D eigenvalue weighted by Gasteiger charge is -2.31. The van der Waals surface area contributed by atoms with E-state index in [2.05, 4.69) is 46.6 Å². The van der Waals surface area contributed by atoms with Crippen molar-refractivity contribution in [3.63, 3.8) is 0 Å². The molecule has 0 saturated carbocycles. The Morgan fingerprint density at radius 2 is 1.64 bits per heavy atom. The van der Waals surface area contributed by atoms with E-state index < -0.39 is 0 Å². The summed E-state index contributed by atoms with van der Waals surface area (Å²) in [4.78, 5) is 0. The van der Waals surface area contributed by atoms with Crippen molar-refractivity contribution in [2.24, 2.45) is 5.41 Å². The predicted molar refractivity (Wildman–Crippen MR) is 64.2 cm³/mol. The molecule has 14 heavy (non-hydrogen) atoms. The maximum Gasteiger partial charge on any atom is 0.0184 e. The molecule has 1 aliphatic carbocycles. The molecule has 0 aromatic rings. The second kappa shape index (κ2) is 3.61. The van der Waals surface area contributed by atoms with E-state index in [0.717, 1.165) is 12.8 Å². The average molecular weight is 188 g/mol. The van der Waals surface area contributed by atoms with Gasteiger partial charge in [0.25, 0.3) is 0 Å². The van der Waals surface area contributed by atoms with Crippen molar-refractivity contribution >= 4 is 0 Å². The molecule has 1 aliphatic rings. The van der Waals surface area contributed by atoms with Crippen molar-refractivity contribution in [1.29, 1.82) is 0 Å². The van der Waals surface area contributed by atoms with Crippen LogP contribution in [0.15, 0.2) is 48.1 Å². The van der Waals surface area contributed by atoms with Gasteiger partial charge in [0.1, 0.15) is 0 Å². The Hall–Kier alpha value is -1.04. The van der Waals surface area contributed by atoms with E-state index in [4.69, 9.17) is 0 Å². The Balaban J connectivity index is 2.96. The zero-order valence-corrected chi connectivity index (χ0v) is 9.61. The molecule has 0 heteroatoms. The smallest absolute Gasteiger partial charge is 0.0184 e. The summed E-state index contributed by atoms with van der Waals surface area (Å²) in [6, 6.07) is 0. The summed E-state index contributed by atoms with van der Waals surface area (Å²) in [6.45, 7) is 18.5. The second-order valence-corrected chi connectivity index (χ2v) is 4.53. The van der Waals surface area contributed by atoms with Gasteiger partial charge in [-0.15, -0.1) is 0 Å². The molecule has 0 heterocycles. The molecule has 0 nitrogen and oxygen atoms in total. The first-order valence-electron chi connectivity index (χ1n) is 5.07. The van der Waals surface area contributed by atoms with Crippen molar-refractivity contribution in [3.8, 4) is 0 Å². The first-order chi connectivity index (χ1) is 6.40. The van der Waals surface area contributed by atoms with Crippen molar-refractivity contribution in [1.82, 2.24) is 0 Å². The third-order valence-electron chi connectivity index (χ3n) is 3.37. The second-order valence-electron chi connectivity index (χ2n) is 4.53. The maximum atomic E-state index is 4.10. The van der Waals surface area contributed by atoms with Gasteiger partial charge in [-0.25, -0.2) is 0 Å². The normalized spacial score (nSPS) is 18.9. The minimum Gasteiger partial charge on any atom is -0.0992 e. The molecule has 1 rings (SSSR count). The Morgan fingerprint density at radius 1 is 1.14 bits per heavy atom. The molecule has 0 aromatic carbocycles. The monoisotopic (exact) mass is 188 g/mol. The highest BCUT2D eigenvalue weighted by molar-refractivity contribution is 5.40. The first kappa shape index (κ1) is 11.0. The van der Waals surface area contributed by atoms with Crippen LogP contribution in [-0.2, 0) is 0 Å². The summed E-state index contributed by atoms with van der Waals surface area (Å²) in [5.74, 6) is 0. The van der Waals surface area contributed by atoms with Crippen LogP contribution in [0.2, 0.25) is 0 Å². The fraction of sp³-hybridized carbons (Fsp3) is 0.429. The van der Waals surface area contributed by atoms with E-state index in [1.807, 2.05) is 0 Å². The van der Waals surface area contributed by atoms with Crippen LogP contribution in [0, 0.1) is 5.41 Å². The molecular weight excluding hydrogens is 168 g/mol. The quantitative estimate of drug-likeness (QED) is 0.575. The van der Waals surface area contributed by atoms with Crippen LogP contribution in [-0.4, -0.2) is 0 Å². The summed E-state index contributed by atoms with van der Waals surface area (Å²) >= 11 is 0. The molecule has 0 amide bonds. The van der Waals surface area contributed by atoms with Crippen molar-refractivity contribution in [2.45, 2.75) is 33.6 Å². The number of hydrogen-bond donors (Lipinski definition) is 0. The first-order valence-corrected chi connectivity index (χ1v) is 5.07. The predicted octanol–water partition coefficient (Wildman–Crippen LogP) is 4.42. The van der Waals surface area contributed by atoms with E-state index >= 15 is 0 Å². The number of allylic oxidation sites excluding steroid dienone is 5. The molecule has 76 valence electrons. The van der Waals surface area contributed by atoms with Crippen LogP contribution in [0.4, 0.5) is 0 Å². The summed E-state index contributed by atoms with van der Waals surface area (Å²) in [6.07, 6.45) is 4.36. The number of rotatable bonds is 3. The Kier molecular flexibility index (Phi) is 2.84. The Bertz CT molecular complexity index is 312. The lowest BCUT2D eigenvalue weighted by molar-refractivity contribution is 0.463. The van der Waals surface area contributed by atoms with E-state index in [-0.39, 0.29) is 5.41 Å². The van der Waals surface area contributed by atoms with Gasteiger partial charge < -0.3 is 0 Å².